The van der Waals surface area contributed by atoms with Gasteiger partial charge >= 0.3 is 0 Å². The Labute approximate surface area is 120 Å². The van der Waals surface area contributed by atoms with Crippen molar-refractivity contribution >= 4 is 15.8 Å². The van der Waals surface area contributed by atoms with E-state index < -0.39 is 28.7 Å². The average Bonchev–Trinajstić information content (AvgIpc) is 2.88. The van der Waals surface area contributed by atoms with E-state index in [0.717, 1.165) is 22.1 Å². The molecule has 0 unspecified atom stereocenters. The number of imidazole rings is 1. The van der Waals surface area contributed by atoms with Crippen molar-refractivity contribution in [2.75, 3.05) is 0 Å². The predicted octanol–water partition coefficient (Wildman–Crippen LogP) is 1.81. The molecular weight excluding hydrogens is 302 g/mol. The van der Waals surface area contributed by atoms with Crippen LogP contribution in [0.3, 0.4) is 0 Å². The fourth-order valence-electron chi connectivity index (χ4n) is 1.73. The third-order valence-corrected chi connectivity index (χ3v) is 4.57. The van der Waals surface area contributed by atoms with Gasteiger partial charge in [-0.2, -0.15) is 0 Å². The van der Waals surface area contributed by atoms with Crippen LogP contribution >= 0.6 is 0 Å². The summed E-state index contributed by atoms with van der Waals surface area (Å²) in [7, 11) is -3.96. The van der Waals surface area contributed by atoms with Gasteiger partial charge in [0.05, 0.1) is 17.0 Å². The van der Waals surface area contributed by atoms with E-state index in [1.165, 1.54) is 12.1 Å². The van der Waals surface area contributed by atoms with Crippen LogP contribution in [-0.2, 0) is 21.2 Å². The topological polar surface area (TPSA) is 69.0 Å². The summed E-state index contributed by atoms with van der Waals surface area (Å²) in [4.78, 5) is 14.7. The maximum absolute atomic E-state index is 12.4. The molecule has 0 bridgehead atoms. The summed E-state index contributed by atoms with van der Waals surface area (Å²) in [6.07, 6.45) is -1.76. The summed E-state index contributed by atoms with van der Waals surface area (Å²) >= 11 is 0. The van der Waals surface area contributed by atoms with Crippen LogP contribution in [0.5, 0.6) is 0 Å². The van der Waals surface area contributed by atoms with Crippen LogP contribution in [0.1, 0.15) is 11.3 Å². The van der Waals surface area contributed by atoms with Gasteiger partial charge in [-0.05, 0) is 19.1 Å². The number of aromatic nitrogens is 2. The van der Waals surface area contributed by atoms with Gasteiger partial charge in [0.15, 0.2) is 0 Å². The molecule has 2 aromatic rings. The molecule has 0 radical (unpaired) electrons. The van der Waals surface area contributed by atoms with Gasteiger partial charge in [0.2, 0.25) is 5.78 Å². The minimum absolute atomic E-state index is 0.00292. The molecule has 0 aliphatic rings. The van der Waals surface area contributed by atoms with Gasteiger partial charge in [-0.3, -0.25) is 4.79 Å². The van der Waals surface area contributed by atoms with Crippen molar-refractivity contribution < 1.29 is 22.0 Å². The Balaban J connectivity index is 2.40. The number of rotatable bonds is 5. The first-order valence-corrected chi connectivity index (χ1v) is 7.40. The molecule has 1 aromatic heterocycles. The molecule has 0 saturated heterocycles. The van der Waals surface area contributed by atoms with Crippen LogP contribution < -0.4 is 0 Å². The number of ketones is 1. The second kappa shape index (κ2) is 5.72. The molecule has 2 rings (SSSR count). The third-order valence-electron chi connectivity index (χ3n) is 2.85. The van der Waals surface area contributed by atoms with E-state index in [9.17, 15) is 22.0 Å². The van der Waals surface area contributed by atoms with E-state index in [0.29, 0.717) is 0 Å². The normalized spacial score (nSPS) is 11.8. The molecule has 1 aromatic carbocycles. The quantitative estimate of drug-likeness (QED) is 0.844. The Morgan fingerprint density at radius 1 is 1.29 bits per heavy atom. The minimum Gasteiger partial charge on any atom is -0.293 e. The molecule has 0 aliphatic carbocycles. The van der Waals surface area contributed by atoms with Gasteiger partial charge in [-0.25, -0.2) is 26.2 Å². The standard InChI is InChI=1S/C13H12F2N2O3S/c1-9-2-4-11(5-3-9)21(19,20)17-8-16-7-10(17)6-12(18)13(14)15/h2-5,7-8,13H,6H2,1H3. The van der Waals surface area contributed by atoms with Crippen molar-refractivity contribution in [2.24, 2.45) is 0 Å². The van der Waals surface area contributed by atoms with Crippen LogP contribution in [0, 0.1) is 6.92 Å². The highest BCUT2D eigenvalue weighted by Crippen LogP contribution is 2.17. The van der Waals surface area contributed by atoms with Gasteiger partial charge < -0.3 is 0 Å². The lowest BCUT2D eigenvalue weighted by molar-refractivity contribution is -0.128. The number of nitrogens with zero attached hydrogens (tertiary/aromatic N) is 2. The lowest BCUT2D eigenvalue weighted by Gasteiger charge is -2.09. The Hall–Kier alpha value is -2.09. The molecule has 1 heterocycles. The fraction of sp³-hybridized carbons (Fsp3) is 0.231. The van der Waals surface area contributed by atoms with Crippen molar-refractivity contribution in [3.63, 3.8) is 0 Å². The zero-order chi connectivity index (χ0) is 15.6. The van der Waals surface area contributed by atoms with E-state index >= 15 is 0 Å². The highest BCUT2D eigenvalue weighted by atomic mass is 32.2. The molecular formula is C13H12F2N2O3S. The smallest absolute Gasteiger partial charge is 0.293 e. The molecule has 0 N–H and O–H groups in total. The first kappa shape index (κ1) is 15.3. The third kappa shape index (κ3) is 3.15. The summed E-state index contributed by atoms with van der Waals surface area (Å²) < 4.78 is 50.1. The number of carbonyl (C=O) groups is 1. The molecule has 0 fully saturated rings. The van der Waals surface area contributed by atoms with Gasteiger partial charge in [-0.15, -0.1) is 0 Å². The van der Waals surface area contributed by atoms with Crippen molar-refractivity contribution in [3.8, 4) is 0 Å². The monoisotopic (exact) mass is 314 g/mol. The Bertz CT molecular complexity index is 752. The molecule has 0 aliphatic heterocycles. The maximum Gasteiger partial charge on any atom is 0.296 e. The van der Waals surface area contributed by atoms with Crippen LogP contribution in [0.25, 0.3) is 0 Å². The Kier molecular flexibility index (Phi) is 4.17. The van der Waals surface area contributed by atoms with Crippen molar-refractivity contribution in [3.05, 3.63) is 48.0 Å². The first-order valence-electron chi connectivity index (χ1n) is 5.96. The SMILES string of the molecule is Cc1ccc(S(=O)(=O)n2cncc2CC(=O)C(F)F)cc1. The molecule has 0 saturated carbocycles. The number of carbonyl (C=O) groups excluding carboxylic acids is 1. The van der Waals surface area contributed by atoms with Crippen LogP contribution in [0.15, 0.2) is 41.7 Å². The zero-order valence-electron chi connectivity index (χ0n) is 11.0. The zero-order valence-corrected chi connectivity index (χ0v) is 11.8. The molecule has 21 heavy (non-hydrogen) atoms. The maximum atomic E-state index is 12.4. The highest BCUT2D eigenvalue weighted by Gasteiger charge is 2.23. The van der Waals surface area contributed by atoms with Crippen LogP contribution in [0.2, 0.25) is 0 Å². The molecule has 0 spiro atoms. The largest absolute Gasteiger partial charge is 0.296 e. The van der Waals surface area contributed by atoms with E-state index in [1.807, 2.05) is 0 Å². The predicted molar refractivity (Wildman–Crippen MR) is 70.7 cm³/mol. The second-order valence-electron chi connectivity index (χ2n) is 4.44. The van der Waals surface area contributed by atoms with Crippen LogP contribution in [-0.4, -0.2) is 29.6 Å². The summed E-state index contributed by atoms with van der Waals surface area (Å²) in [6.45, 7) is 1.81. The van der Waals surface area contributed by atoms with Crippen LogP contribution in [0.4, 0.5) is 8.78 Å². The number of hydrogen-bond donors (Lipinski definition) is 0. The molecule has 5 nitrogen and oxygen atoms in total. The fourth-order valence-corrected chi connectivity index (χ4v) is 3.04. The molecule has 0 amide bonds. The average molecular weight is 314 g/mol. The van der Waals surface area contributed by atoms with E-state index in [1.54, 1.807) is 19.1 Å². The summed E-state index contributed by atoms with van der Waals surface area (Å²) in [5, 5.41) is 0. The molecule has 112 valence electrons. The first-order chi connectivity index (χ1) is 9.82. The molecule has 0 atom stereocenters. The van der Waals surface area contributed by atoms with E-state index in [2.05, 4.69) is 4.98 Å². The van der Waals surface area contributed by atoms with E-state index in [4.69, 9.17) is 0 Å². The van der Waals surface area contributed by atoms with Gasteiger partial charge in [0.1, 0.15) is 6.33 Å². The number of halogens is 2. The lowest BCUT2D eigenvalue weighted by Crippen LogP contribution is -2.19. The number of benzene rings is 1. The highest BCUT2D eigenvalue weighted by molar-refractivity contribution is 7.90. The second-order valence-corrected chi connectivity index (χ2v) is 6.26. The Morgan fingerprint density at radius 2 is 1.90 bits per heavy atom. The number of alkyl halides is 2. The van der Waals surface area contributed by atoms with Gasteiger partial charge in [0, 0.05) is 6.20 Å². The van der Waals surface area contributed by atoms with Crippen molar-refractivity contribution in [1.82, 2.24) is 8.96 Å². The van der Waals surface area contributed by atoms with Gasteiger partial charge in [0.25, 0.3) is 16.4 Å². The lowest BCUT2D eigenvalue weighted by atomic mass is 10.2. The van der Waals surface area contributed by atoms with Crippen molar-refractivity contribution in [2.45, 2.75) is 24.7 Å². The summed E-state index contributed by atoms with van der Waals surface area (Å²) in [5.74, 6) is -1.35. The number of Topliss-reactive ketones (excluding diaryl/α,β-unsaturated/α-hetero) is 1. The van der Waals surface area contributed by atoms with Crippen molar-refractivity contribution in [1.29, 1.82) is 0 Å². The Morgan fingerprint density at radius 3 is 2.48 bits per heavy atom. The molecule has 8 heteroatoms. The minimum atomic E-state index is -3.96. The number of hydrogen-bond acceptors (Lipinski definition) is 4. The van der Waals surface area contributed by atoms with E-state index in [-0.39, 0.29) is 10.6 Å². The summed E-state index contributed by atoms with van der Waals surface area (Å²) in [5.41, 5.74) is 0.786. The van der Waals surface area contributed by atoms with Gasteiger partial charge in [-0.1, -0.05) is 17.7 Å². The number of aryl methyl sites for hydroxylation is 1. The summed E-state index contributed by atoms with van der Waals surface area (Å²) in [6, 6.07) is 6.05.